The molecule has 0 aliphatic carbocycles. The Morgan fingerprint density at radius 2 is 2.14 bits per heavy atom. The number of hydrogen-bond acceptors (Lipinski definition) is 8. The average molecular weight is 396 g/mol. The number of nitrogens with one attached hydrogen (secondary N) is 1. The molecule has 3 aromatic rings. The first kappa shape index (κ1) is 18.5. The van der Waals surface area contributed by atoms with E-state index in [1.807, 2.05) is 0 Å². The number of ether oxygens (including phenoxy) is 1. The highest BCUT2D eigenvalue weighted by Gasteiger charge is 2.35. The van der Waals surface area contributed by atoms with Crippen molar-refractivity contribution in [2.75, 3.05) is 12.4 Å². The molecule has 1 aliphatic heterocycles. The zero-order valence-electron chi connectivity index (χ0n) is 15.6. The standard InChI is InChI=1S/C18H17FN8O2/c1-18(9-27-14(7-23-26-27)16(20)25-18)11-5-10(3-4-12(11)19)24-17(28)13-6-22-15(29-2)8-21-13/h3-8H,9H2,1-2H3,(H2,20,25)(H,24,28)/t18-/m0/s1. The molecule has 0 fully saturated rings. The molecule has 1 amide bonds. The first-order valence-electron chi connectivity index (χ1n) is 8.61. The summed E-state index contributed by atoms with van der Waals surface area (Å²) in [4.78, 5) is 24.8. The molecule has 11 heteroatoms. The predicted molar refractivity (Wildman–Crippen MR) is 101 cm³/mol. The third-order valence-corrected chi connectivity index (χ3v) is 4.58. The Kier molecular flexibility index (Phi) is 4.41. The fraction of sp³-hybridized carbons (Fsp3) is 0.222. The summed E-state index contributed by atoms with van der Waals surface area (Å²) in [5, 5.41) is 10.5. The molecule has 0 bridgehead atoms. The van der Waals surface area contributed by atoms with Crippen molar-refractivity contribution in [3.8, 4) is 5.88 Å². The first-order chi connectivity index (χ1) is 13.9. The van der Waals surface area contributed by atoms with Gasteiger partial charge in [0, 0.05) is 11.3 Å². The molecule has 0 radical (unpaired) electrons. The molecule has 0 saturated heterocycles. The molecule has 0 unspecified atom stereocenters. The number of nitrogens with zero attached hydrogens (tertiary/aromatic N) is 6. The fourth-order valence-electron chi connectivity index (χ4n) is 3.12. The summed E-state index contributed by atoms with van der Waals surface area (Å²) in [6.07, 6.45) is 4.13. The Labute approximate surface area is 164 Å². The number of aromatic nitrogens is 5. The third-order valence-electron chi connectivity index (χ3n) is 4.58. The van der Waals surface area contributed by atoms with Crippen LogP contribution in [0.1, 0.15) is 28.7 Å². The van der Waals surface area contributed by atoms with E-state index in [1.54, 1.807) is 11.6 Å². The number of methoxy groups -OCH3 is 1. The van der Waals surface area contributed by atoms with Crippen molar-refractivity contribution in [3.05, 3.63) is 59.6 Å². The Morgan fingerprint density at radius 1 is 1.31 bits per heavy atom. The maximum atomic E-state index is 14.7. The SMILES string of the molecule is COc1cnc(C(=O)Nc2ccc(F)c([C@]3(C)Cn4nncc4C(N)=N3)c2)cn1. The number of halogens is 1. The molecule has 1 aliphatic rings. The molecular formula is C18H17FN8O2. The highest BCUT2D eigenvalue weighted by Crippen LogP contribution is 2.34. The van der Waals surface area contributed by atoms with Crippen LogP contribution in [0, 0.1) is 5.82 Å². The van der Waals surface area contributed by atoms with E-state index in [-0.39, 0.29) is 23.6 Å². The molecule has 3 heterocycles. The summed E-state index contributed by atoms with van der Waals surface area (Å²) >= 11 is 0. The highest BCUT2D eigenvalue weighted by atomic mass is 19.1. The molecule has 0 spiro atoms. The van der Waals surface area contributed by atoms with Gasteiger partial charge < -0.3 is 15.8 Å². The molecule has 2 aromatic heterocycles. The van der Waals surface area contributed by atoms with Gasteiger partial charge in [-0.15, -0.1) is 5.10 Å². The van der Waals surface area contributed by atoms with Gasteiger partial charge in [0.15, 0.2) is 0 Å². The van der Waals surface area contributed by atoms with Gasteiger partial charge in [0.1, 0.15) is 28.6 Å². The van der Waals surface area contributed by atoms with Gasteiger partial charge in [0.2, 0.25) is 5.88 Å². The number of carbonyl (C=O) groups is 1. The lowest BCUT2D eigenvalue weighted by Crippen LogP contribution is -2.38. The van der Waals surface area contributed by atoms with Crippen LogP contribution >= 0.6 is 0 Å². The lowest BCUT2D eigenvalue weighted by Gasteiger charge is -2.31. The number of nitrogens with two attached hydrogens (primary N) is 1. The monoisotopic (exact) mass is 396 g/mol. The number of benzene rings is 1. The lowest BCUT2D eigenvalue weighted by molar-refractivity contribution is 0.102. The van der Waals surface area contributed by atoms with Crippen LogP contribution in [0.4, 0.5) is 10.1 Å². The van der Waals surface area contributed by atoms with Crippen molar-refractivity contribution in [1.82, 2.24) is 25.0 Å². The molecule has 0 saturated carbocycles. The summed E-state index contributed by atoms with van der Waals surface area (Å²) in [7, 11) is 1.45. The second-order valence-electron chi connectivity index (χ2n) is 6.64. The minimum absolute atomic E-state index is 0.0927. The van der Waals surface area contributed by atoms with E-state index in [9.17, 15) is 9.18 Å². The fourth-order valence-corrected chi connectivity index (χ4v) is 3.12. The van der Waals surface area contributed by atoms with Crippen LogP contribution in [0.15, 0.2) is 41.8 Å². The Bertz CT molecular complexity index is 1110. The first-order valence-corrected chi connectivity index (χ1v) is 8.61. The molecule has 4 rings (SSSR count). The topological polar surface area (TPSA) is 133 Å². The van der Waals surface area contributed by atoms with Crippen molar-refractivity contribution < 1.29 is 13.9 Å². The predicted octanol–water partition coefficient (Wildman–Crippen LogP) is 1.10. The van der Waals surface area contributed by atoms with Gasteiger partial charge in [-0.1, -0.05) is 5.21 Å². The lowest BCUT2D eigenvalue weighted by atomic mass is 9.90. The van der Waals surface area contributed by atoms with E-state index < -0.39 is 17.3 Å². The summed E-state index contributed by atoms with van der Waals surface area (Å²) < 4.78 is 21.2. The van der Waals surface area contributed by atoms with Crippen molar-refractivity contribution >= 4 is 17.4 Å². The summed E-state index contributed by atoms with van der Waals surface area (Å²) in [6, 6.07) is 4.23. The van der Waals surface area contributed by atoms with Gasteiger partial charge >= 0.3 is 0 Å². The summed E-state index contributed by atoms with van der Waals surface area (Å²) in [6.45, 7) is 1.99. The van der Waals surface area contributed by atoms with Crippen LogP contribution < -0.4 is 15.8 Å². The van der Waals surface area contributed by atoms with E-state index >= 15 is 0 Å². The van der Waals surface area contributed by atoms with E-state index in [0.717, 1.165) is 0 Å². The molecule has 1 aromatic carbocycles. The molecule has 148 valence electrons. The maximum Gasteiger partial charge on any atom is 0.275 e. The van der Waals surface area contributed by atoms with E-state index in [4.69, 9.17) is 10.5 Å². The number of aliphatic imine (C=N–C) groups is 1. The number of amidine groups is 1. The van der Waals surface area contributed by atoms with Crippen LogP contribution in [0.5, 0.6) is 5.88 Å². The van der Waals surface area contributed by atoms with E-state index in [0.29, 0.717) is 17.3 Å². The van der Waals surface area contributed by atoms with Crippen LogP contribution in [0.2, 0.25) is 0 Å². The Balaban J connectivity index is 1.62. The Hall–Kier alpha value is -3.89. The van der Waals surface area contributed by atoms with Gasteiger partial charge in [-0.3, -0.25) is 9.79 Å². The van der Waals surface area contributed by atoms with Crippen molar-refractivity contribution in [1.29, 1.82) is 0 Å². The molecule has 10 nitrogen and oxygen atoms in total. The second kappa shape index (κ2) is 6.93. The van der Waals surface area contributed by atoms with Crippen LogP contribution in [0.3, 0.4) is 0 Å². The van der Waals surface area contributed by atoms with Crippen molar-refractivity contribution in [2.24, 2.45) is 10.7 Å². The Morgan fingerprint density at radius 3 is 2.86 bits per heavy atom. The normalized spacial score (nSPS) is 18.0. The van der Waals surface area contributed by atoms with Gasteiger partial charge in [-0.25, -0.2) is 19.0 Å². The van der Waals surface area contributed by atoms with Crippen LogP contribution in [-0.4, -0.2) is 43.8 Å². The van der Waals surface area contributed by atoms with Gasteiger partial charge in [0.25, 0.3) is 5.91 Å². The third kappa shape index (κ3) is 3.37. The molecule has 1 atom stereocenters. The zero-order valence-corrected chi connectivity index (χ0v) is 15.6. The summed E-state index contributed by atoms with van der Waals surface area (Å²) in [5.74, 6) is -0.465. The zero-order chi connectivity index (χ0) is 20.6. The van der Waals surface area contributed by atoms with Crippen molar-refractivity contribution in [3.63, 3.8) is 0 Å². The molecule has 3 N–H and O–H groups in total. The van der Waals surface area contributed by atoms with Gasteiger partial charge in [0.05, 0.1) is 32.2 Å². The van der Waals surface area contributed by atoms with E-state index in [1.165, 1.54) is 43.9 Å². The smallest absolute Gasteiger partial charge is 0.275 e. The number of anilines is 1. The van der Waals surface area contributed by atoms with Gasteiger partial charge in [-0.2, -0.15) is 0 Å². The second-order valence-corrected chi connectivity index (χ2v) is 6.64. The maximum absolute atomic E-state index is 14.7. The largest absolute Gasteiger partial charge is 0.480 e. The van der Waals surface area contributed by atoms with Crippen LogP contribution in [-0.2, 0) is 12.1 Å². The van der Waals surface area contributed by atoms with E-state index in [2.05, 4.69) is 30.6 Å². The number of amides is 1. The minimum Gasteiger partial charge on any atom is -0.480 e. The van der Waals surface area contributed by atoms with Gasteiger partial charge in [-0.05, 0) is 25.1 Å². The minimum atomic E-state index is -1.02. The molecule has 29 heavy (non-hydrogen) atoms. The number of hydrogen-bond donors (Lipinski definition) is 2. The van der Waals surface area contributed by atoms with Crippen LogP contribution in [0.25, 0.3) is 0 Å². The highest BCUT2D eigenvalue weighted by molar-refractivity contribution is 6.02. The summed E-state index contributed by atoms with van der Waals surface area (Å²) in [5.41, 5.74) is 6.29. The average Bonchev–Trinajstić information content (AvgIpc) is 3.18. The van der Waals surface area contributed by atoms with Crippen molar-refractivity contribution in [2.45, 2.75) is 19.0 Å². The number of fused-ring (bicyclic) bond motifs is 1. The quantitative estimate of drug-likeness (QED) is 0.675. The number of rotatable bonds is 4. The number of carbonyl (C=O) groups excluding carboxylic acids is 1. The molecular weight excluding hydrogens is 379 g/mol.